The molecule has 0 aliphatic rings. The van der Waals surface area contributed by atoms with E-state index in [1.54, 1.807) is 6.92 Å². The molecule has 0 amide bonds. The Morgan fingerprint density at radius 3 is 2.87 bits per heavy atom. The number of hydrogen-bond donors (Lipinski definition) is 0. The third kappa shape index (κ3) is 2.91. The van der Waals surface area contributed by atoms with E-state index in [2.05, 4.69) is 4.99 Å². The maximum atomic E-state index is 11.3. The van der Waals surface area contributed by atoms with E-state index in [0.717, 1.165) is 0 Å². The molecule has 4 nitrogen and oxygen atoms in total. The van der Waals surface area contributed by atoms with Gasteiger partial charge < -0.3 is 4.74 Å². The van der Waals surface area contributed by atoms with Crippen molar-refractivity contribution < 1.29 is 14.3 Å². The minimum Gasteiger partial charge on any atom is -0.462 e. The summed E-state index contributed by atoms with van der Waals surface area (Å²) in [6.45, 7) is 1.99. The number of carbonyl (C=O) groups is 1. The summed E-state index contributed by atoms with van der Waals surface area (Å²) in [7, 11) is 0. The predicted molar refractivity (Wildman–Crippen MR) is 55.2 cm³/mol. The molecule has 78 valence electrons. The van der Waals surface area contributed by atoms with E-state index in [4.69, 9.17) is 16.3 Å². The number of carbonyl (C=O) groups excluding carboxylic acids is 2. The third-order valence-electron chi connectivity index (χ3n) is 1.62. The molecule has 0 aliphatic heterocycles. The normalized spacial score (nSPS) is 9.20. The molecular weight excluding hydrogens is 218 g/mol. The molecule has 0 saturated heterocycles. The van der Waals surface area contributed by atoms with Crippen molar-refractivity contribution >= 4 is 29.3 Å². The summed E-state index contributed by atoms with van der Waals surface area (Å²) in [5.74, 6) is -0.496. The van der Waals surface area contributed by atoms with Gasteiger partial charge in [0.2, 0.25) is 6.08 Å². The Bertz CT molecular complexity index is 425. The lowest BCUT2D eigenvalue weighted by molar-refractivity contribution is 0.0526. The Hall–Kier alpha value is -1.64. The molecule has 0 spiro atoms. The molecular formula is C10H8ClNO3. The first kappa shape index (κ1) is 11.4. The summed E-state index contributed by atoms with van der Waals surface area (Å²) in [4.78, 5) is 24.7. The van der Waals surface area contributed by atoms with Crippen molar-refractivity contribution in [2.45, 2.75) is 6.92 Å². The van der Waals surface area contributed by atoms with Crippen molar-refractivity contribution in [2.75, 3.05) is 6.61 Å². The van der Waals surface area contributed by atoms with Crippen LogP contribution in [-0.2, 0) is 9.53 Å². The lowest BCUT2D eigenvalue weighted by Crippen LogP contribution is -2.04. The Morgan fingerprint density at radius 1 is 1.60 bits per heavy atom. The quantitative estimate of drug-likeness (QED) is 0.451. The fraction of sp³-hybridized carbons (Fsp3) is 0.200. The maximum absolute atomic E-state index is 11.3. The van der Waals surface area contributed by atoms with Gasteiger partial charge in [-0.25, -0.2) is 9.59 Å². The molecule has 1 rings (SSSR count). The van der Waals surface area contributed by atoms with Gasteiger partial charge in [0.1, 0.15) is 0 Å². The van der Waals surface area contributed by atoms with E-state index in [1.807, 2.05) is 0 Å². The highest BCUT2D eigenvalue weighted by molar-refractivity contribution is 6.33. The molecule has 0 atom stereocenters. The van der Waals surface area contributed by atoms with E-state index in [-0.39, 0.29) is 17.2 Å². The first-order valence-corrected chi connectivity index (χ1v) is 4.61. The van der Waals surface area contributed by atoms with E-state index in [9.17, 15) is 9.59 Å². The number of isocyanates is 1. The zero-order valence-electron chi connectivity index (χ0n) is 7.99. The monoisotopic (exact) mass is 225 g/mol. The molecule has 0 heterocycles. The van der Waals surface area contributed by atoms with Crippen LogP contribution in [0.2, 0.25) is 5.02 Å². The van der Waals surface area contributed by atoms with E-state index in [0.29, 0.717) is 5.69 Å². The highest BCUT2D eigenvalue weighted by Gasteiger charge is 2.11. The Labute approximate surface area is 91.5 Å². The van der Waals surface area contributed by atoms with Gasteiger partial charge in [-0.05, 0) is 25.1 Å². The van der Waals surface area contributed by atoms with Crippen LogP contribution in [-0.4, -0.2) is 18.7 Å². The van der Waals surface area contributed by atoms with Gasteiger partial charge in [0, 0.05) is 0 Å². The van der Waals surface area contributed by atoms with Crippen LogP contribution in [0.4, 0.5) is 5.69 Å². The summed E-state index contributed by atoms with van der Waals surface area (Å²) in [6.07, 6.45) is 1.39. The Morgan fingerprint density at radius 2 is 2.33 bits per heavy atom. The highest BCUT2D eigenvalue weighted by atomic mass is 35.5. The average Bonchev–Trinajstić information content (AvgIpc) is 2.18. The fourth-order valence-corrected chi connectivity index (χ4v) is 1.25. The molecule has 15 heavy (non-hydrogen) atoms. The van der Waals surface area contributed by atoms with Crippen molar-refractivity contribution in [1.29, 1.82) is 0 Å². The molecule has 0 saturated carbocycles. The van der Waals surface area contributed by atoms with Crippen molar-refractivity contribution in [3.63, 3.8) is 0 Å². The number of nitrogens with zero attached hydrogens (tertiary/aromatic N) is 1. The molecule has 0 N–H and O–H groups in total. The zero-order chi connectivity index (χ0) is 11.3. The highest BCUT2D eigenvalue weighted by Crippen LogP contribution is 2.23. The summed E-state index contributed by atoms with van der Waals surface area (Å²) in [5.41, 5.74) is 0.603. The molecule has 0 bridgehead atoms. The summed E-state index contributed by atoms with van der Waals surface area (Å²) < 4.78 is 4.78. The average molecular weight is 226 g/mol. The fourth-order valence-electron chi connectivity index (χ4n) is 1.00. The number of esters is 1. The van der Waals surface area contributed by atoms with Crippen molar-refractivity contribution in [1.82, 2.24) is 0 Å². The minimum atomic E-state index is -0.496. The lowest BCUT2D eigenvalue weighted by atomic mass is 10.2. The van der Waals surface area contributed by atoms with Crippen molar-refractivity contribution in [3.05, 3.63) is 28.8 Å². The minimum absolute atomic E-state index is 0.199. The van der Waals surface area contributed by atoms with Gasteiger partial charge in [0.15, 0.2) is 0 Å². The van der Waals surface area contributed by atoms with Gasteiger partial charge in [-0.3, -0.25) is 0 Å². The number of aliphatic imine (C=N–C) groups is 1. The Balaban J connectivity index is 3.02. The largest absolute Gasteiger partial charge is 0.462 e. The summed E-state index contributed by atoms with van der Waals surface area (Å²) >= 11 is 5.81. The van der Waals surface area contributed by atoms with Gasteiger partial charge in [0.05, 0.1) is 22.9 Å². The van der Waals surface area contributed by atoms with Crippen LogP contribution in [0.15, 0.2) is 23.2 Å². The molecule has 0 radical (unpaired) electrons. The Kier molecular flexibility index (Phi) is 4.03. The second kappa shape index (κ2) is 5.29. The molecule has 1 aromatic rings. The second-order valence-corrected chi connectivity index (χ2v) is 2.99. The summed E-state index contributed by atoms with van der Waals surface area (Å²) in [5, 5.41) is 0.199. The smallest absolute Gasteiger partial charge is 0.339 e. The van der Waals surface area contributed by atoms with Crippen molar-refractivity contribution in [2.24, 2.45) is 4.99 Å². The first-order chi connectivity index (χ1) is 7.19. The number of ether oxygens (including phenoxy) is 1. The van der Waals surface area contributed by atoms with Crippen LogP contribution >= 0.6 is 11.6 Å². The van der Waals surface area contributed by atoms with Crippen LogP contribution in [0.25, 0.3) is 0 Å². The van der Waals surface area contributed by atoms with Crippen LogP contribution in [0.1, 0.15) is 17.3 Å². The molecule has 5 heteroatoms. The molecule has 0 unspecified atom stereocenters. The van der Waals surface area contributed by atoms with E-state index < -0.39 is 5.97 Å². The van der Waals surface area contributed by atoms with Crippen LogP contribution in [0.3, 0.4) is 0 Å². The maximum Gasteiger partial charge on any atom is 0.339 e. The van der Waals surface area contributed by atoms with Gasteiger partial charge in [-0.15, -0.1) is 0 Å². The predicted octanol–water partition coefficient (Wildman–Crippen LogP) is 2.48. The molecule has 1 aromatic carbocycles. The number of rotatable bonds is 3. The first-order valence-electron chi connectivity index (χ1n) is 4.23. The topological polar surface area (TPSA) is 55.7 Å². The summed E-state index contributed by atoms with van der Waals surface area (Å²) in [6, 6.07) is 4.35. The zero-order valence-corrected chi connectivity index (χ0v) is 8.75. The van der Waals surface area contributed by atoms with Crippen LogP contribution in [0.5, 0.6) is 0 Å². The molecule has 0 aliphatic carbocycles. The van der Waals surface area contributed by atoms with Gasteiger partial charge in [-0.1, -0.05) is 11.6 Å². The van der Waals surface area contributed by atoms with Crippen LogP contribution in [0, 0.1) is 0 Å². The second-order valence-electron chi connectivity index (χ2n) is 2.59. The van der Waals surface area contributed by atoms with Crippen LogP contribution < -0.4 is 0 Å². The lowest BCUT2D eigenvalue weighted by Gasteiger charge is -2.03. The third-order valence-corrected chi connectivity index (χ3v) is 1.94. The molecule has 0 fully saturated rings. The van der Waals surface area contributed by atoms with E-state index >= 15 is 0 Å². The number of halogens is 1. The van der Waals surface area contributed by atoms with Gasteiger partial charge >= 0.3 is 5.97 Å². The standard InChI is InChI=1S/C10H8ClNO3/c1-2-15-10(14)8-4-3-7(12-6-13)5-9(8)11/h3-5H,2H2,1H3. The van der Waals surface area contributed by atoms with E-state index in [1.165, 1.54) is 24.3 Å². The number of benzene rings is 1. The number of hydrogen-bond acceptors (Lipinski definition) is 4. The van der Waals surface area contributed by atoms with Crippen molar-refractivity contribution in [3.8, 4) is 0 Å². The van der Waals surface area contributed by atoms with Gasteiger partial charge in [0.25, 0.3) is 0 Å². The SMILES string of the molecule is CCOC(=O)c1ccc(N=C=O)cc1Cl. The van der Waals surface area contributed by atoms with Gasteiger partial charge in [-0.2, -0.15) is 4.99 Å². The molecule has 0 aromatic heterocycles.